The van der Waals surface area contributed by atoms with Gasteiger partial charge in [0.2, 0.25) is 16.8 Å². The highest BCUT2D eigenvalue weighted by atomic mass is 32.2. The topological polar surface area (TPSA) is 176 Å². The first-order valence-corrected chi connectivity index (χ1v) is 19.8. The first-order chi connectivity index (χ1) is 26.3. The second kappa shape index (κ2) is 17.5. The van der Waals surface area contributed by atoms with Crippen molar-refractivity contribution < 1.29 is 56.3 Å². The molecule has 2 saturated heterocycles. The van der Waals surface area contributed by atoms with Gasteiger partial charge in [0, 0.05) is 31.6 Å². The molecule has 0 bridgehead atoms. The molecule has 3 aromatic carbocycles. The predicted molar refractivity (Wildman–Crippen MR) is 194 cm³/mol. The van der Waals surface area contributed by atoms with Crippen molar-refractivity contribution in [3.8, 4) is 17.2 Å². The molecule has 14 nitrogen and oxygen atoms in total. The molecule has 0 aliphatic carbocycles. The van der Waals surface area contributed by atoms with E-state index < -0.39 is 64.5 Å². The fourth-order valence-corrected chi connectivity index (χ4v) is 9.07. The lowest BCUT2D eigenvalue weighted by molar-refractivity contribution is -0.273. The maximum absolute atomic E-state index is 14.5. The van der Waals surface area contributed by atoms with Crippen molar-refractivity contribution >= 4 is 22.2 Å². The van der Waals surface area contributed by atoms with Crippen molar-refractivity contribution in [3.63, 3.8) is 0 Å². The highest BCUT2D eigenvalue weighted by Crippen LogP contribution is 2.38. The van der Waals surface area contributed by atoms with E-state index in [1.807, 2.05) is 44.2 Å². The SMILES string of the molecule is CC(C)(CCCCNC(=O)Oc1ccc(F)cc1)CN(C[C@@H](O)[C@H](Cc1ccccc1)N(C(=O)[O-])[C@H]1CO[C@H]2OCC[C@H]21)S(=O)(=O)c1ccc2c(c1)OCO2. The summed E-state index contributed by atoms with van der Waals surface area (Å²) in [6.07, 6.45) is -1.90. The molecule has 0 unspecified atom stereocenters. The highest BCUT2D eigenvalue weighted by Gasteiger charge is 2.47. The molecule has 3 heterocycles. The van der Waals surface area contributed by atoms with Crippen molar-refractivity contribution in [2.75, 3.05) is 39.6 Å². The lowest BCUT2D eigenvalue weighted by Gasteiger charge is -2.43. The Kier molecular flexibility index (Phi) is 12.8. The lowest BCUT2D eigenvalue weighted by Crippen LogP contribution is -2.61. The number of amides is 2. The fourth-order valence-electron chi connectivity index (χ4n) is 7.41. The summed E-state index contributed by atoms with van der Waals surface area (Å²) in [6.45, 7) is 4.03. The van der Waals surface area contributed by atoms with Gasteiger partial charge in [-0.15, -0.1) is 0 Å². The number of aliphatic hydroxyl groups is 1. The zero-order valence-corrected chi connectivity index (χ0v) is 31.6. The molecule has 2 N–H and O–H groups in total. The van der Waals surface area contributed by atoms with Crippen molar-refractivity contribution in [1.82, 2.24) is 14.5 Å². The largest absolute Gasteiger partial charge is 0.530 e. The molecule has 0 aromatic heterocycles. The maximum Gasteiger partial charge on any atom is 0.412 e. The van der Waals surface area contributed by atoms with E-state index in [9.17, 15) is 32.6 Å². The van der Waals surface area contributed by atoms with E-state index in [4.69, 9.17) is 23.7 Å². The second-order valence-corrected chi connectivity index (χ2v) is 16.7. The van der Waals surface area contributed by atoms with Gasteiger partial charge >= 0.3 is 6.09 Å². The number of carbonyl (C=O) groups is 2. The van der Waals surface area contributed by atoms with Gasteiger partial charge in [-0.3, -0.25) is 0 Å². The van der Waals surface area contributed by atoms with Crippen molar-refractivity contribution in [2.24, 2.45) is 11.3 Å². The predicted octanol–water partition coefficient (Wildman–Crippen LogP) is 3.91. The second-order valence-electron chi connectivity index (χ2n) is 14.8. The average Bonchev–Trinajstić information content (AvgIpc) is 3.91. The molecule has 16 heteroatoms. The molecule has 2 amide bonds. The molecule has 298 valence electrons. The number of carbonyl (C=O) groups excluding carboxylic acids is 2. The van der Waals surface area contributed by atoms with Gasteiger partial charge in [-0.1, -0.05) is 50.6 Å². The zero-order valence-electron chi connectivity index (χ0n) is 30.8. The minimum atomic E-state index is -4.30. The van der Waals surface area contributed by atoms with Crippen LogP contribution in [0.15, 0.2) is 77.7 Å². The smallest absolute Gasteiger partial charge is 0.412 e. The maximum atomic E-state index is 14.5. The molecule has 0 spiro atoms. The van der Waals surface area contributed by atoms with Crippen LogP contribution < -0.4 is 24.6 Å². The average molecular weight is 785 g/mol. The summed E-state index contributed by atoms with van der Waals surface area (Å²) >= 11 is 0. The minimum absolute atomic E-state index is 0.0324. The van der Waals surface area contributed by atoms with Gasteiger partial charge in [0.25, 0.3) is 0 Å². The summed E-state index contributed by atoms with van der Waals surface area (Å²) < 4.78 is 70.9. The summed E-state index contributed by atoms with van der Waals surface area (Å²) in [7, 11) is -4.30. The Balaban J connectivity index is 1.20. The van der Waals surface area contributed by atoms with Crippen LogP contribution in [0.4, 0.5) is 14.0 Å². The number of sulfonamides is 1. The summed E-state index contributed by atoms with van der Waals surface area (Å²) in [5.74, 6) is 0.158. The van der Waals surface area contributed by atoms with Crippen LogP contribution in [0.3, 0.4) is 0 Å². The van der Waals surface area contributed by atoms with Crippen LogP contribution in [0.5, 0.6) is 17.2 Å². The van der Waals surface area contributed by atoms with Gasteiger partial charge in [0.15, 0.2) is 17.8 Å². The zero-order chi connectivity index (χ0) is 39.2. The van der Waals surface area contributed by atoms with Gasteiger partial charge in [-0.2, -0.15) is 4.31 Å². The van der Waals surface area contributed by atoms with E-state index in [1.165, 1.54) is 46.8 Å². The van der Waals surface area contributed by atoms with Gasteiger partial charge < -0.3 is 48.9 Å². The molecule has 0 radical (unpaired) electrons. The van der Waals surface area contributed by atoms with E-state index in [0.717, 1.165) is 10.5 Å². The van der Waals surface area contributed by atoms with Gasteiger partial charge in [0.05, 0.1) is 36.3 Å². The molecular formula is C39H47FN3O11S-. The van der Waals surface area contributed by atoms with E-state index in [0.29, 0.717) is 38.0 Å². The highest BCUT2D eigenvalue weighted by molar-refractivity contribution is 7.89. The number of halogens is 1. The Bertz CT molecular complexity index is 1880. The number of rotatable bonds is 17. The van der Waals surface area contributed by atoms with E-state index in [-0.39, 0.29) is 55.2 Å². The standard InChI is InChI=1S/C39H48FN3O11S/c1-39(2,17-6-7-18-41-37(45)54-28-12-10-27(40)11-13-28)24-42(55(48,49)29-14-15-34-35(21-29)53-25-52-34)22-33(44)31(20-26-8-4-3-5-9-26)43(38(46)47)32-23-51-36-30(32)16-19-50-36/h3-5,8-15,21,30-33,36,44H,6-7,16-20,22-25H2,1-2H3,(H,41,45)(H,46,47)/p-1/t30-,31-,32-,33+,36+/m0/s1. The molecule has 0 saturated carbocycles. The van der Waals surface area contributed by atoms with Crippen LogP contribution in [0.2, 0.25) is 0 Å². The van der Waals surface area contributed by atoms with Crippen LogP contribution in [0, 0.1) is 17.2 Å². The van der Waals surface area contributed by atoms with Crippen LogP contribution >= 0.6 is 0 Å². The quantitative estimate of drug-likeness (QED) is 0.190. The van der Waals surface area contributed by atoms with Gasteiger partial charge in [-0.05, 0) is 73.1 Å². The third kappa shape index (κ3) is 10.0. The molecule has 55 heavy (non-hydrogen) atoms. The summed E-state index contributed by atoms with van der Waals surface area (Å²) in [5.41, 5.74) is 0.102. The Morgan fingerprint density at radius 2 is 1.78 bits per heavy atom. The van der Waals surface area contributed by atoms with E-state index >= 15 is 0 Å². The lowest BCUT2D eigenvalue weighted by atomic mass is 9.87. The van der Waals surface area contributed by atoms with Crippen molar-refractivity contribution in [2.45, 2.75) is 75.3 Å². The number of unbranched alkanes of at least 4 members (excludes halogenated alkanes) is 1. The monoisotopic (exact) mass is 784 g/mol. The van der Waals surface area contributed by atoms with Crippen molar-refractivity contribution in [1.29, 1.82) is 0 Å². The molecule has 3 aliphatic heterocycles. The number of nitrogens with zero attached hydrogens (tertiary/aromatic N) is 2. The molecular weight excluding hydrogens is 738 g/mol. The van der Waals surface area contributed by atoms with Crippen LogP contribution in [-0.2, 0) is 25.9 Å². The fraction of sp³-hybridized carbons (Fsp3) is 0.487. The Morgan fingerprint density at radius 3 is 2.53 bits per heavy atom. The number of carboxylic acid groups (broad SMARTS) is 1. The van der Waals surface area contributed by atoms with Gasteiger partial charge in [0.1, 0.15) is 17.7 Å². The number of hydrogen-bond donors (Lipinski definition) is 2. The number of aliphatic hydroxyl groups excluding tert-OH is 1. The van der Waals surface area contributed by atoms with Crippen LogP contribution in [0.25, 0.3) is 0 Å². The Morgan fingerprint density at radius 1 is 1.04 bits per heavy atom. The third-order valence-corrected chi connectivity index (χ3v) is 12.0. The minimum Gasteiger partial charge on any atom is -0.530 e. The summed E-state index contributed by atoms with van der Waals surface area (Å²) in [5, 5.41) is 27.7. The molecule has 3 aromatic rings. The van der Waals surface area contributed by atoms with Crippen LogP contribution in [-0.4, -0.2) is 99.0 Å². The number of nitrogens with one attached hydrogen (secondary N) is 1. The first-order valence-electron chi connectivity index (χ1n) is 18.4. The Labute approximate surface area is 320 Å². The third-order valence-electron chi connectivity index (χ3n) is 10.2. The molecule has 2 fully saturated rings. The molecule has 5 atom stereocenters. The van der Waals surface area contributed by atoms with E-state index in [1.54, 1.807) is 0 Å². The number of fused-ring (bicyclic) bond motifs is 2. The summed E-state index contributed by atoms with van der Waals surface area (Å²) in [6, 6.07) is 16.7. The number of benzene rings is 3. The van der Waals surface area contributed by atoms with Crippen molar-refractivity contribution in [3.05, 3.63) is 84.2 Å². The number of ether oxygens (including phenoxy) is 5. The van der Waals surface area contributed by atoms with Crippen LogP contribution in [0.1, 0.15) is 45.1 Å². The molecule has 3 aliphatic rings. The number of hydrogen-bond acceptors (Lipinski definition) is 11. The summed E-state index contributed by atoms with van der Waals surface area (Å²) in [4.78, 5) is 26.2. The normalized spacial score (nSPS) is 20.2. The van der Waals surface area contributed by atoms with E-state index in [2.05, 4.69) is 5.32 Å². The Hall–Kier alpha value is -4.48. The van der Waals surface area contributed by atoms with Gasteiger partial charge in [-0.25, -0.2) is 17.6 Å². The molecule has 6 rings (SSSR count). The first kappa shape index (κ1) is 40.2.